The third-order valence-electron chi connectivity index (χ3n) is 2.86. The fourth-order valence-corrected chi connectivity index (χ4v) is 1.89. The van der Waals surface area contributed by atoms with Crippen LogP contribution in [0.15, 0.2) is 24.3 Å². The summed E-state index contributed by atoms with van der Waals surface area (Å²) >= 11 is 0. The van der Waals surface area contributed by atoms with Crippen LogP contribution in [0.25, 0.3) is 0 Å². The number of likely N-dealkylation sites (tertiary alicyclic amines) is 1. The monoisotopic (exact) mass is 249 g/mol. The fraction of sp³-hybridized carbons (Fsp3) is 0.308. The van der Waals surface area contributed by atoms with Crippen LogP contribution < -0.4 is 0 Å². The number of rotatable bonds is 3. The molecule has 1 aromatic carbocycles. The minimum Gasteiger partial charge on any atom is -0.292 e. The highest BCUT2D eigenvalue weighted by atomic mass is 19.1. The number of halogens is 1. The molecule has 94 valence electrons. The standard InChI is InChI=1S/C13H12FNO3/c14-10-5-2-1-4-9(10)11(16)8-15-12(17)6-3-7-13(15)18/h1-2,4-5H,3,6-8H2. The molecule has 0 aliphatic carbocycles. The molecule has 2 rings (SSSR count). The zero-order valence-electron chi connectivity index (χ0n) is 9.69. The molecule has 1 heterocycles. The van der Waals surface area contributed by atoms with E-state index in [9.17, 15) is 18.8 Å². The Morgan fingerprint density at radius 3 is 2.39 bits per heavy atom. The molecule has 0 spiro atoms. The minimum absolute atomic E-state index is 0.0938. The van der Waals surface area contributed by atoms with Crippen LogP contribution in [0.5, 0.6) is 0 Å². The zero-order chi connectivity index (χ0) is 13.1. The Bertz CT molecular complexity index is 497. The molecule has 5 heteroatoms. The van der Waals surface area contributed by atoms with Gasteiger partial charge in [0.25, 0.3) is 0 Å². The van der Waals surface area contributed by atoms with Gasteiger partial charge in [0.2, 0.25) is 11.8 Å². The highest BCUT2D eigenvalue weighted by Crippen LogP contribution is 2.14. The van der Waals surface area contributed by atoms with Crippen molar-refractivity contribution in [2.75, 3.05) is 6.54 Å². The SMILES string of the molecule is O=C(CN1C(=O)CCCC1=O)c1ccccc1F. The Morgan fingerprint density at radius 2 is 1.78 bits per heavy atom. The number of nitrogens with zero attached hydrogens (tertiary/aromatic N) is 1. The summed E-state index contributed by atoms with van der Waals surface area (Å²) in [5.74, 6) is -1.93. The second-order valence-electron chi connectivity index (χ2n) is 4.13. The van der Waals surface area contributed by atoms with Gasteiger partial charge in [-0.1, -0.05) is 12.1 Å². The number of hydrogen-bond donors (Lipinski definition) is 0. The van der Waals surface area contributed by atoms with Gasteiger partial charge in [-0.25, -0.2) is 4.39 Å². The summed E-state index contributed by atoms with van der Waals surface area (Å²) in [5, 5.41) is 0. The van der Waals surface area contributed by atoms with Crippen LogP contribution in [-0.2, 0) is 9.59 Å². The van der Waals surface area contributed by atoms with Gasteiger partial charge in [0, 0.05) is 12.8 Å². The van der Waals surface area contributed by atoms with Crippen LogP contribution in [0.4, 0.5) is 4.39 Å². The summed E-state index contributed by atoms with van der Waals surface area (Å²) < 4.78 is 13.4. The third-order valence-corrected chi connectivity index (χ3v) is 2.86. The average Bonchev–Trinajstić information content (AvgIpc) is 2.34. The lowest BCUT2D eigenvalue weighted by atomic mass is 10.1. The van der Waals surface area contributed by atoms with Gasteiger partial charge in [0.15, 0.2) is 5.78 Å². The highest BCUT2D eigenvalue weighted by molar-refractivity contribution is 6.05. The molecule has 0 saturated carbocycles. The van der Waals surface area contributed by atoms with Gasteiger partial charge < -0.3 is 0 Å². The molecule has 1 aromatic rings. The summed E-state index contributed by atoms with van der Waals surface area (Å²) in [7, 11) is 0. The maximum atomic E-state index is 13.4. The second-order valence-corrected chi connectivity index (χ2v) is 4.13. The number of ketones is 1. The van der Waals surface area contributed by atoms with Crippen LogP contribution in [0.3, 0.4) is 0 Å². The van der Waals surface area contributed by atoms with Crippen molar-refractivity contribution >= 4 is 17.6 Å². The first-order valence-electron chi connectivity index (χ1n) is 5.70. The maximum absolute atomic E-state index is 13.4. The summed E-state index contributed by atoms with van der Waals surface area (Å²) in [4.78, 5) is 35.8. The first-order valence-corrected chi connectivity index (χ1v) is 5.70. The first-order chi connectivity index (χ1) is 8.59. The predicted octanol–water partition coefficient (Wildman–Crippen LogP) is 1.55. The van der Waals surface area contributed by atoms with Crippen molar-refractivity contribution in [3.63, 3.8) is 0 Å². The normalized spacial score (nSPS) is 15.9. The van der Waals surface area contributed by atoms with Gasteiger partial charge in [0.05, 0.1) is 12.1 Å². The summed E-state index contributed by atoms with van der Waals surface area (Å²) in [5.41, 5.74) is -0.0938. The predicted molar refractivity (Wildman–Crippen MR) is 61.3 cm³/mol. The van der Waals surface area contributed by atoms with Crippen molar-refractivity contribution in [1.82, 2.24) is 4.90 Å². The van der Waals surface area contributed by atoms with Gasteiger partial charge in [0.1, 0.15) is 5.82 Å². The van der Waals surface area contributed by atoms with E-state index in [0.717, 1.165) is 4.90 Å². The van der Waals surface area contributed by atoms with E-state index in [-0.39, 0.29) is 36.8 Å². The maximum Gasteiger partial charge on any atom is 0.229 e. The Hall–Kier alpha value is -2.04. The fourth-order valence-electron chi connectivity index (χ4n) is 1.89. The molecule has 4 nitrogen and oxygen atoms in total. The van der Waals surface area contributed by atoms with Crippen molar-refractivity contribution in [1.29, 1.82) is 0 Å². The van der Waals surface area contributed by atoms with Crippen LogP contribution in [0.1, 0.15) is 29.6 Å². The van der Waals surface area contributed by atoms with Gasteiger partial charge in [-0.2, -0.15) is 0 Å². The average molecular weight is 249 g/mol. The molecular formula is C13H12FNO3. The number of carbonyl (C=O) groups excluding carboxylic acids is 3. The Labute approximate surface area is 103 Å². The number of piperidine rings is 1. The van der Waals surface area contributed by atoms with Crippen LogP contribution in [-0.4, -0.2) is 29.0 Å². The van der Waals surface area contributed by atoms with E-state index in [2.05, 4.69) is 0 Å². The lowest BCUT2D eigenvalue weighted by molar-refractivity contribution is -0.147. The molecule has 1 fully saturated rings. The summed E-state index contributed by atoms with van der Waals surface area (Å²) in [6.07, 6.45) is 1.04. The Morgan fingerprint density at radius 1 is 1.17 bits per heavy atom. The minimum atomic E-state index is -0.639. The topological polar surface area (TPSA) is 54.5 Å². The number of amides is 2. The lowest BCUT2D eigenvalue weighted by Crippen LogP contribution is -2.43. The van der Waals surface area contributed by atoms with E-state index in [1.807, 2.05) is 0 Å². The first kappa shape index (κ1) is 12.4. The Balaban J connectivity index is 2.14. The molecule has 0 aromatic heterocycles. The molecule has 1 aliphatic heterocycles. The quantitative estimate of drug-likeness (QED) is 0.603. The summed E-state index contributed by atoms with van der Waals surface area (Å²) in [6.45, 7) is -0.376. The molecular weight excluding hydrogens is 237 g/mol. The largest absolute Gasteiger partial charge is 0.292 e. The van der Waals surface area contributed by atoms with Crippen LogP contribution in [0.2, 0.25) is 0 Å². The molecule has 1 aliphatic rings. The molecule has 0 unspecified atom stereocenters. The van der Waals surface area contributed by atoms with Gasteiger partial charge in [-0.15, -0.1) is 0 Å². The number of benzene rings is 1. The van der Waals surface area contributed by atoms with E-state index < -0.39 is 11.6 Å². The van der Waals surface area contributed by atoms with Crippen LogP contribution >= 0.6 is 0 Å². The van der Waals surface area contributed by atoms with Crippen molar-refractivity contribution in [2.24, 2.45) is 0 Å². The van der Waals surface area contributed by atoms with E-state index in [4.69, 9.17) is 0 Å². The molecule has 1 saturated heterocycles. The van der Waals surface area contributed by atoms with Crippen LogP contribution in [0, 0.1) is 5.82 Å². The van der Waals surface area contributed by atoms with Gasteiger partial charge in [-0.05, 0) is 18.6 Å². The number of Topliss-reactive ketones (excluding diaryl/α,β-unsaturated/α-hetero) is 1. The molecule has 0 atom stereocenters. The van der Waals surface area contributed by atoms with E-state index >= 15 is 0 Å². The Kier molecular flexibility index (Phi) is 3.50. The molecule has 2 amide bonds. The lowest BCUT2D eigenvalue weighted by Gasteiger charge is -2.24. The molecule has 0 N–H and O–H groups in total. The van der Waals surface area contributed by atoms with E-state index in [1.54, 1.807) is 0 Å². The van der Waals surface area contributed by atoms with Gasteiger partial charge >= 0.3 is 0 Å². The molecule has 0 bridgehead atoms. The number of carbonyl (C=O) groups is 3. The highest BCUT2D eigenvalue weighted by Gasteiger charge is 2.28. The summed E-state index contributed by atoms with van der Waals surface area (Å²) in [6, 6.07) is 5.53. The number of imide groups is 1. The second kappa shape index (κ2) is 5.08. The number of hydrogen-bond acceptors (Lipinski definition) is 3. The van der Waals surface area contributed by atoms with Crippen molar-refractivity contribution in [2.45, 2.75) is 19.3 Å². The van der Waals surface area contributed by atoms with Crippen molar-refractivity contribution in [3.8, 4) is 0 Å². The smallest absolute Gasteiger partial charge is 0.229 e. The van der Waals surface area contributed by atoms with E-state index in [0.29, 0.717) is 6.42 Å². The van der Waals surface area contributed by atoms with E-state index in [1.165, 1.54) is 24.3 Å². The van der Waals surface area contributed by atoms with Crippen molar-refractivity contribution in [3.05, 3.63) is 35.6 Å². The molecule has 0 radical (unpaired) electrons. The third kappa shape index (κ3) is 2.45. The van der Waals surface area contributed by atoms with Gasteiger partial charge in [-0.3, -0.25) is 19.3 Å². The molecule has 18 heavy (non-hydrogen) atoms. The van der Waals surface area contributed by atoms with Crippen molar-refractivity contribution < 1.29 is 18.8 Å². The zero-order valence-corrected chi connectivity index (χ0v) is 9.69.